The Labute approximate surface area is 103 Å². The lowest BCUT2D eigenvalue weighted by Crippen LogP contribution is -2.14. The topological polar surface area (TPSA) is 115 Å². The number of hydrogen-bond donors (Lipinski definition) is 2. The van der Waals surface area contributed by atoms with Crippen LogP contribution in [0.5, 0.6) is 0 Å². The highest BCUT2D eigenvalue weighted by molar-refractivity contribution is 7.88. The van der Waals surface area contributed by atoms with E-state index in [1.54, 1.807) is 18.2 Å². The van der Waals surface area contributed by atoms with Gasteiger partial charge in [0.2, 0.25) is 15.9 Å². The molecule has 0 aliphatic heterocycles. The molecule has 1 amide bonds. The van der Waals surface area contributed by atoms with E-state index < -0.39 is 15.8 Å². The van der Waals surface area contributed by atoms with Crippen molar-refractivity contribution in [2.45, 2.75) is 12.7 Å². The molecule has 1 aromatic heterocycles. The highest BCUT2D eigenvalue weighted by Crippen LogP contribution is 2.23. The molecular weight excluding hydrogens is 258 g/mol. The SMILES string of the molecule is CC(=O)Nc1ccc2onc(CS(N)(=O)=O)c2c1. The summed E-state index contributed by atoms with van der Waals surface area (Å²) in [5, 5.41) is 11.7. The third-order valence-corrected chi connectivity index (χ3v) is 2.88. The number of amides is 1. The van der Waals surface area contributed by atoms with Gasteiger partial charge in [0.25, 0.3) is 0 Å². The molecule has 7 nitrogen and oxygen atoms in total. The molecule has 1 heterocycles. The zero-order valence-corrected chi connectivity index (χ0v) is 10.3. The van der Waals surface area contributed by atoms with Gasteiger partial charge < -0.3 is 9.84 Å². The summed E-state index contributed by atoms with van der Waals surface area (Å²) >= 11 is 0. The average Bonchev–Trinajstić information content (AvgIpc) is 2.58. The van der Waals surface area contributed by atoms with Gasteiger partial charge in [-0.2, -0.15) is 0 Å². The number of fused-ring (bicyclic) bond motifs is 1. The number of carbonyl (C=O) groups is 1. The molecule has 2 rings (SSSR count). The van der Waals surface area contributed by atoms with Crippen LogP contribution in [0.1, 0.15) is 12.6 Å². The number of nitrogens with one attached hydrogen (secondary N) is 1. The van der Waals surface area contributed by atoms with Crippen molar-refractivity contribution < 1.29 is 17.7 Å². The number of carbonyl (C=O) groups excluding carboxylic acids is 1. The van der Waals surface area contributed by atoms with Gasteiger partial charge in [-0.1, -0.05) is 5.16 Å². The summed E-state index contributed by atoms with van der Waals surface area (Å²) in [6.45, 7) is 1.38. The Hall–Kier alpha value is -1.93. The number of primary sulfonamides is 1. The molecule has 0 unspecified atom stereocenters. The summed E-state index contributed by atoms with van der Waals surface area (Å²) in [4.78, 5) is 10.9. The molecule has 0 saturated carbocycles. The average molecular weight is 269 g/mol. The number of sulfonamides is 1. The van der Waals surface area contributed by atoms with Crippen molar-refractivity contribution in [3.8, 4) is 0 Å². The zero-order valence-electron chi connectivity index (χ0n) is 9.50. The van der Waals surface area contributed by atoms with Gasteiger partial charge in [0, 0.05) is 18.0 Å². The number of aromatic nitrogens is 1. The normalized spacial score (nSPS) is 11.7. The van der Waals surface area contributed by atoms with Crippen molar-refractivity contribution in [1.29, 1.82) is 0 Å². The number of nitrogens with zero attached hydrogens (tertiary/aromatic N) is 1. The first-order valence-corrected chi connectivity index (χ1v) is 6.73. The van der Waals surface area contributed by atoms with E-state index in [1.165, 1.54) is 6.92 Å². The molecule has 0 atom stereocenters. The predicted octanol–water partition coefficient (Wildman–Crippen LogP) is 0.575. The van der Waals surface area contributed by atoms with Crippen LogP contribution >= 0.6 is 0 Å². The number of nitrogens with two attached hydrogens (primary N) is 1. The lowest BCUT2D eigenvalue weighted by Gasteiger charge is -2.01. The lowest BCUT2D eigenvalue weighted by atomic mass is 10.2. The molecule has 3 N–H and O–H groups in total. The second-order valence-electron chi connectivity index (χ2n) is 3.83. The van der Waals surface area contributed by atoms with Crippen LogP contribution in [-0.2, 0) is 20.6 Å². The fraction of sp³-hybridized carbons (Fsp3) is 0.200. The molecule has 0 radical (unpaired) electrons. The first-order valence-electron chi connectivity index (χ1n) is 5.01. The van der Waals surface area contributed by atoms with Crippen LogP contribution in [-0.4, -0.2) is 19.5 Å². The van der Waals surface area contributed by atoms with E-state index in [-0.39, 0.29) is 11.6 Å². The van der Waals surface area contributed by atoms with Crippen molar-refractivity contribution in [1.82, 2.24) is 5.16 Å². The maximum absolute atomic E-state index is 11.0. The van der Waals surface area contributed by atoms with Crippen molar-refractivity contribution >= 4 is 32.6 Å². The molecule has 8 heteroatoms. The van der Waals surface area contributed by atoms with E-state index in [9.17, 15) is 13.2 Å². The third kappa shape index (κ3) is 2.84. The summed E-state index contributed by atoms with van der Waals surface area (Å²) < 4.78 is 27.0. The van der Waals surface area contributed by atoms with E-state index in [1.807, 2.05) is 0 Å². The summed E-state index contributed by atoms with van der Waals surface area (Å²) in [6, 6.07) is 4.82. The highest BCUT2D eigenvalue weighted by atomic mass is 32.2. The minimum atomic E-state index is -3.68. The van der Waals surface area contributed by atoms with E-state index in [2.05, 4.69) is 10.5 Å². The largest absolute Gasteiger partial charge is 0.356 e. The Bertz CT molecular complexity index is 705. The fourth-order valence-corrected chi connectivity index (χ4v) is 2.15. The minimum Gasteiger partial charge on any atom is -0.356 e. The van der Waals surface area contributed by atoms with Gasteiger partial charge >= 0.3 is 0 Å². The van der Waals surface area contributed by atoms with Crippen LogP contribution in [0, 0.1) is 0 Å². The summed E-state index contributed by atoms with van der Waals surface area (Å²) in [5.74, 6) is -0.637. The number of hydrogen-bond acceptors (Lipinski definition) is 5. The number of anilines is 1. The Balaban J connectivity index is 2.46. The standard InChI is InChI=1S/C10H11N3O4S/c1-6(14)12-7-2-3-10-8(4-7)9(13-17-10)5-18(11,15)16/h2-4H,5H2,1H3,(H,12,14)(H2,11,15,16). The molecule has 0 spiro atoms. The van der Waals surface area contributed by atoms with E-state index in [0.717, 1.165) is 0 Å². The van der Waals surface area contributed by atoms with Crippen molar-refractivity contribution in [2.75, 3.05) is 5.32 Å². The van der Waals surface area contributed by atoms with Crippen LogP contribution in [0.25, 0.3) is 11.0 Å². The molecular formula is C10H11N3O4S. The smallest absolute Gasteiger partial charge is 0.221 e. The monoisotopic (exact) mass is 269 g/mol. The first-order chi connectivity index (χ1) is 8.35. The quantitative estimate of drug-likeness (QED) is 0.845. The van der Waals surface area contributed by atoms with Crippen LogP contribution in [0.15, 0.2) is 22.7 Å². The number of benzene rings is 1. The van der Waals surface area contributed by atoms with Gasteiger partial charge in [0.05, 0.1) is 0 Å². The van der Waals surface area contributed by atoms with Crippen molar-refractivity contribution in [3.63, 3.8) is 0 Å². The van der Waals surface area contributed by atoms with Crippen LogP contribution in [0.4, 0.5) is 5.69 Å². The van der Waals surface area contributed by atoms with Crippen molar-refractivity contribution in [3.05, 3.63) is 23.9 Å². The van der Waals surface area contributed by atoms with E-state index in [0.29, 0.717) is 16.7 Å². The van der Waals surface area contributed by atoms with Crippen molar-refractivity contribution in [2.24, 2.45) is 5.14 Å². The van der Waals surface area contributed by atoms with Crippen LogP contribution < -0.4 is 10.5 Å². The third-order valence-electron chi connectivity index (χ3n) is 2.20. The molecule has 2 aromatic rings. The molecule has 0 saturated heterocycles. The molecule has 0 bridgehead atoms. The fourth-order valence-electron chi connectivity index (χ4n) is 1.56. The Morgan fingerprint density at radius 3 is 2.83 bits per heavy atom. The van der Waals surface area contributed by atoms with E-state index >= 15 is 0 Å². The molecule has 0 aliphatic carbocycles. The summed E-state index contributed by atoms with van der Waals surface area (Å²) in [5.41, 5.74) is 1.19. The second kappa shape index (κ2) is 4.39. The predicted molar refractivity (Wildman–Crippen MR) is 65.1 cm³/mol. The second-order valence-corrected chi connectivity index (χ2v) is 5.44. The Morgan fingerprint density at radius 2 is 2.22 bits per heavy atom. The highest BCUT2D eigenvalue weighted by Gasteiger charge is 2.14. The van der Waals surface area contributed by atoms with Crippen LogP contribution in [0.2, 0.25) is 0 Å². The molecule has 0 fully saturated rings. The van der Waals surface area contributed by atoms with Crippen LogP contribution in [0.3, 0.4) is 0 Å². The molecule has 18 heavy (non-hydrogen) atoms. The van der Waals surface area contributed by atoms with E-state index in [4.69, 9.17) is 9.66 Å². The van der Waals surface area contributed by atoms with Gasteiger partial charge in [-0.15, -0.1) is 0 Å². The Kier molecular flexibility index (Phi) is 3.05. The minimum absolute atomic E-state index is 0.222. The maximum Gasteiger partial charge on any atom is 0.221 e. The Morgan fingerprint density at radius 1 is 1.50 bits per heavy atom. The van der Waals surface area contributed by atoms with Gasteiger partial charge in [-0.3, -0.25) is 4.79 Å². The van der Waals surface area contributed by atoms with Gasteiger partial charge in [0.1, 0.15) is 11.4 Å². The summed E-state index contributed by atoms with van der Waals surface area (Å²) in [7, 11) is -3.68. The lowest BCUT2D eigenvalue weighted by molar-refractivity contribution is -0.114. The van der Waals surface area contributed by atoms with Gasteiger partial charge in [0.15, 0.2) is 5.58 Å². The molecule has 96 valence electrons. The maximum atomic E-state index is 11.0. The summed E-state index contributed by atoms with van der Waals surface area (Å²) in [6.07, 6.45) is 0. The van der Waals surface area contributed by atoms with Gasteiger partial charge in [-0.05, 0) is 18.2 Å². The number of rotatable bonds is 3. The van der Waals surface area contributed by atoms with Gasteiger partial charge in [-0.25, -0.2) is 13.6 Å². The molecule has 0 aliphatic rings. The molecule has 1 aromatic carbocycles. The first kappa shape index (κ1) is 12.5. The zero-order chi connectivity index (χ0) is 13.3.